The van der Waals surface area contributed by atoms with Crippen molar-refractivity contribution >= 4 is 0 Å². The third-order valence-corrected chi connectivity index (χ3v) is 6.94. The number of hydrogen-bond donors (Lipinski definition) is 0. The summed E-state index contributed by atoms with van der Waals surface area (Å²) < 4.78 is 0. The Morgan fingerprint density at radius 1 is 1.17 bits per heavy atom. The van der Waals surface area contributed by atoms with Crippen LogP contribution in [0.4, 0.5) is 0 Å². The summed E-state index contributed by atoms with van der Waals surface area (Å²) in [7, 11) is 0. The van der Waals surface area contributed by atoms with E-state index in [1.54, 1.807) is 0 Å². The molecule has 0 amide bonds. The minimum Gasteiger partial charge on any atom is -0.0651 e. The van der Waals surface area contributed by atoms with Crippen molar-refractivity contribution in [1.82, 2.24) is 0 Å². The molecule has 106 valence electrons. The fourth-order valence-electron chi connectivity index (χ4n) is 4.60. The van der Waals surface area contributed by atoms with Crippen LogP contribution >= 0.6 is 0 Å². The van der Waals surface area contributed by atoms with E-state index in [2.05, 4.69) is 48.5 Å². The third kappa shape index (κ3) is 2.49. The Balaban J connectivity index is 1.94. The first-order valence-corrected chi connectivity index (χ1v) is 8.30. The zero-order valence-corrected chi connectivity index (χ0v) is 13.7. The summed E-state index contributed by atoms with van der Waals surface area (Å²) in [4.78, 5) is 0. The van der Waals surface area contributed by atoms with Gasteiger partial charge in [0.2, 0.25) is 0 Å². The molecular formula is C18H34. The van der Waals surface area contributed by atoms with Crippen LogP contribution in [0.2, 0.25) is 0 Å². The van der Waals surface area contributed by atoms with E-state index in [9.17, 15) is 0 Å². The Hall–Kier alpha value is 0. The summed E-state index contributed by atoms with van der Waals surface area (Å²) in [5.41, 5.74) is 0.539. The van der Waals surface area contributed by atoms with Crippen molar-refractivity contribution < 1.29 is 0 Å². The molecular weight excluding hydrogens is 216 g/mol. The fraction of sp³-hybridized carbons (Fsp3) is 1.00. The highest BCUT2D eigenvalue weighted by atomic mass is 14.6. The average molecular weight is 250 g/mol. The number of rotatable bonds is 6. The smallest absolute Gasteiger partial charge is 0.0292 e. The van der Waals surface area contributed by atoms with E-state index in [1.165, 1.54) is 19.3 Å². The predicted molar refractivity (Wildman–Crippen MR) is 80.4 cm³/mol. The van der Waals surface area contributed by atoms with Gasteiger partial charge < -0.3 is 0 Å². The standard InChI is InChI=1S/C18H34/c1-8-11(2)14(5)18(6,7)17-13(4)16(17)10-15-9-12(15)3/h11-17H,8-10H2,1-7H3. The lowest BCUT2D eigenvalue weighted by Gasteiger charge is -2.37. The van der Waals surface area contributed by atoms with Crippen LogP contribution in [0.1, 0.15) is 67.7 Å². The second kappa shape index (κ2) is 4.84. The van der Waals surface area contributed by atoms with Crippen LogP contribution in [-0.2, 0) is 0 Å². The topological polar surface area (TPSA) is 0 Å². The van der Waals surface area contributed by atoms with Crippen molar-refractivity contribution in [3.8, 4) is 0 Å². The molecule has 0 heterocycles. The first-order valence-electron chi connectivity index (χ1n) is 8.30. The van der Waals surface area contributed by atoms with E-state index in [4.69, 9.17) is 0 Å². The van der Waals surface area contributed by atoms with Crippen molar-refractivity contribution in [3.63, 3.8) is 0 Å². The maximum atomic E-state index is 2.54. The zero-order valence-electron chi connectivity index (χ0n) is 13.7. The van der Waals surface area contributed by atoms with Crippen LogP contribution in [0.5, 0.6) is 0 Å². The van der Waals surface area contributed by atoms with Gasteiger partial charge in [-0.15, -0.1) is 0 Å². The maximum Gasteiger partial charge on any atom is -0.0292 e. The van der Waals surface area contributed by atoms with Crippen molar-refractivity contribution in [1.29, 1.82) is 0 Å². The van der Waals surface area contributed by atoms with Gasteiger partial charge in [0.05, 0.1) is 0 Å². The molecule has 7 atom stereocenters. The molecule has 0 bridgehead atoms. The van der Waals surface area contributed by atoms with Crippen LogP contribution in [0.15, 0.2) is 0 Å². The molecule has 2 aliphatic carbocycles. The lowest BCUT2D eigenvalue weighted by molar-refractivity contribution is 0.120. The Labute approximate surface area is 115 Å². The van der Waals surface area contributed by atoms with Gasteiger partial charge in [-0.1, -0.05) is 54.9 Å². The van der Waals surface area contributed by atoms with Crippen LogP contribution in [0, 0.1) is 46.8 Å². The molecule has 0 nitrogen and oxygen atoms in total. The molecule has 2 rings (SSSR count). The first-order chi connectivity index (χ1) is 8.30. The third-order valence-electron chi connectivity index (χ3n) is 6.94. The molecule has 0 radical (unpaired) electrons. The molecule has 0 saturated heterocycles. The van der Waals surface area contributed by atoms with Gasteiger partial charge in [-0.25, -0.2) is 0 Å². The van der Waals surface area contributed by atoms with Gasteiger partial charge in [0.1, 0.15) is 0 Å². The largest absolute Gasteiger partial charge is 0.0651 e. The zero-order chi connectivity index (χ0) is 13.7. The highest BCUT2D eigenvalue weighted by Crippen LogP contribution is 2.64. The van der Waals surface area contributed by atoms with E-state index >= 15 is 0 Å². The normalized spacial score (nSPS) is 42.5. The molecule has 0 aliphatic heterocycles. The van der Waals surface area contributed by atoms with Crippen molar-refractivity contribution in [3.05, 3.63) is 0 Å². The summed E-state index contributed by atoms with van der Waals surface area (Å²) >= 11 is 0. The van der Waals surface area contributed by atoms with Gasteiger partial charge in [-0.3, -0.25) is 0 Å². The van der Waals surface area contributed by atoms with Crippen molar-refractivity contribution in [2.24, 2.45) is 46.8 Å². The molecule has 0 spiro atoms. The van der Waals surface area contributed by atoms with E-state index in [0.717, 1.165) is 41.4 Å². The monoisotopic (exact) mass is 250 g/mol. The molecule has 0 N–H and O–H groups in total. The van der Waals surface area contributed by atoms with Crippen LogP contribution in [0.25, 0.3) is 0 Å². The Morgan fingerprint density at radius 2 is 1.72 bits per heavy atom. The molecule has 0 aromatic rings. The quantitative estimate of drug-likeness (QED) is 0.573. The van der Waals surface area contributed by atoms with E-state index in [-0.39, 0.29) is 0 Å². The van der Waals surface area contributed by atoms with E-state index < -0.39 is 0 Å². The Bertz CT molecular complexity index is 290. The van der Waals surface area contributed by atoms with Gasteiger partial charge in [0.15, 0.2) is 0 Å². The van der Waals surface area contributed by atoms with Crippen molar-refractivity contribution in [2.45, 2.75) is 67.7 Å². The molecule has 7 unspecified atom stereocenters. The lowest BCUT2D eigenvalue weighted by atomic mass is 9.68. The molecule has 2 saturated carbocycles. The Kier molecular flexibility index (Phi) is 3.87. The van der Waals surface area contributed by atoms with Gasteiger partial charge in [0.25, 0.3) is 0 Å². The van der Waals surface area contributed by atoms with Crippen LogP contribution < -0.4 is 0 Å². The molecule has 0 aromatic carbocycles. The molecule has 2 fully saturated rings. The molecule has 0 aromatic heterocycles. The lowest BCUT2D eigenvalue weighted by Crippen LogP contribution is -2.30. The van der Waals surface area contributed by atoms with E-state index in [0.29, 0.717) is 5.41 Å². The maximum absolute atomic E-state index is 2.54. The predicted octanol–water partition coefficient (Wildman–Crippen LogP) is 5.62. The summed E-state index contributed by atoms with van der Waals surface area (Å²) in [5, 5.41) is 0. The highest BCUT2D eigenvalue weighted by molar-refractivity contribution is 5.05. The van der Waals surface area contributed by atoms with Gasteiger partial charge in [0, 0.05) is 0 Å². The minimum atomic E-state index is 0.539. The summed E-state index contributed by atoms with van der Waals surface area (Å²) in [6.45, 7) is 17.3. The summed E-state index contributed by atoms with van der Waals surface area (Å²) in [5.74, 6) is 6.87. The molecule has 2 aliphatic rings. The van der Waals surface area contributed by atoms with Gasteiger partial charge >= 0.3 is 0 Å². The van der Waals surface area contributed by atoms with Crippen LogP contribution in [-0.4, -0.2) is 0 Å². The minimum absolute atomic E-state index is 0.539. The number of hydrogen-bond acceptors (Lipinski definition) is 0. The van der Waals surface area contributed by atoms with Gasteiger partial charge in [-0.05, 0) is 59.7 Å². The van der Waals surface area contributed by atoms with E-state index in [1.807, 2.05) is 0 Å². The average Bonchev–Trinajstić information content (AvgIpc) is 3.18. The fourth-order valence-corrected chi connectivity index (χ4v) is 4.60. The SMILES string of the molecule is CCC(C)C(C)C(C)(C)C1C(C)C1CC1CC1C. The highest BCUT2D eigenvalue weighted by Gasteiger charge is 2.57. The Morgan fingerprint density at radius 3 is 2.17 bits per heavy atom. The molecule has 0 heteroatoms. The molecule has 18 heavy (non-hydrogen) atoms. The van der Waals surface area contributed by atoms with Gasteiger partial charge in [-0.2, -0.15) is 0 Å². The summed E-state index contributed by atoms with van der Waals surface area (Å²) in [6, 6.07) is 0. The second-order valence-corrected chi connectivity index (χ2v) is 8.25. The van der Waals surface area contributed by atoms with Crippen molar-refractivity contribution in [2.75, 3.05) is 0 Å². The summed E-state index contributed by atoms with van der Waals surface area (Å²) in [6.07, 6.45) is 4.37. The first kappa shape index (κ1) is 14.4. The second-order valence-electron chi connectivity index (χ2n) is 8.25. The van der Waals surface area contributed by atoms with Crippen LogP contribution in [0.3, 0.4) is 0 Å².